The van der Waals surface area contributed by atoms with Crippen LogP contribution in [-0.4, -0.2) is 17.5 Å². The lowest BCUT2D eigenvalue weighted by Gasteiger charge is -2.06. The van der Waals surface area contributed by atoms with Crippen molar-refractivity contribution in [1.82, 2.24) is 5.43 Å². The largest absolute Gasteiger partial charge is 0.459 e. The van der Waals surface area contributed by atoms with E-state index in [1.165, 1.54) is 17.6 Å². The van der Waals surface area contributed by atoms with E-state index in [0.29, 0.717) is 16.3 Å². The van der Waals surface area contributed by atoms with Gasteiger partial charge in [0, 0.05) is 5.69 Å². The highest BCUT2D eigenvalue weighted by Crippen LogP contribution is 2.14. The first-order chi connectivity index (χ1) is 12.1. The smallest absolute Gasteiger partial charge is 0.307 e. The van der Waals surface area contributed by atoms with E-state index >= 15 is 0 Å². The van der Waals surface area contributed by atoms with Crippen LogP contribution in [0.2, 0.25) is 0 Å². The summed E-state index contributed by atoms with van der Waals surface area (Å²) in [5, 5.41) is 8.74. The molecule has 0 aliphatic carbocycles. The van der Waals surface area contributed by atoms with Gasteiger partial charge in [-0.2, -0.15) is 5.10 Å². The molecule has 7 heteroatoms. The van der Waals surface area contributed by atoms with Gasteiger partial charge in [0.1, 0.15) is 0 Å². The van der Waals surface area contributed by atoms with Gasteiger partial charge in [0.15, 0.2) is 5.76 Å². The van der Waals surface area contributed by atoms with Crippen molar-refractivity contribution in [3.8, 4) is 0 Å². The molecule has 0 fully saturated rings. The molecule has 3 aromatic rings. The van der Waals surface area contributed by atoms with Crippen LogP contribution in [0.4, 0.5) is 5.69 Å². The van der Waals surface area contributed by atoms with Gasteiger partial charge in [-0.1, -0.05) is 18.2 Å². The normalized spacial score (nSPS) is 11.2. The van der Waals surface area contributed by atoms with Crippen LogP contribution >= 0.6 is 11.3 Å². The van der Waals surface area contributed by atoms with Gasteiger partial charge in [-0.3, -0.25) is 9.59 Å². The van der Waals surface area contributed by atoms with Gasteiger partial charge in [0.25, 0.3) is 5.91 Å². The fraction of sp³-hybridized carbons (Fsp3) is 0.0556. The third-order valence-corrected chi connectivity index (χ3v) is 4.24. The Kier molecular flexibility index (Phi) is 5.06. The van der Waals surface area contributed by atoms with Crippen molar-refractivity contribution in [3.05, 3.63) is 76.4 Å². The lowest BCUT2D eigenvalue weighted by molar-refractivity contribution is 0.0926. The summed E-state index contributed by atoms with van der Waals surface area (Å²) in [7, 11) is 0. The molecule has 0 aliphatic heterocycles. The summed E-state index contributed by atoms with van der Waals surface area (Å²) in [6.45, 7) is 1.78. The van der Waals surface area contributed by atoms with Crippen molar-refractivity contribution in [3.63, 3.8) is 0 Å². The number of furan rings is 1. The minimum absolute atomic E-state index is 0.140. The molecule has 2 heterocycles. The van der Waals surface area contributed by atoms with Gasteiger partial charge < -0.3 is 9.73 Å². The number of rotatable bonds is 5. The molecular weight excluding hydrogens is 338 g/mol. The number of hydrogen-bond acceptors (Lipinski definition) is 5. The highest BCUT2D eigenvalue weighted by atomic mass is 32.1. The van der Waals surface area contributed by atoms with Crippen molar-refractivity contribution in [2.75, 3.05) is 5.32 Å². The third kappa shape index (κ3) is 4.21. The topological polar surface area (TPSA) is 83.7 Å². The Morgan fingerprint density at radius 2 is 1.84 bits per heavy atom. The number of carbonyl (C=O) groups is 2. The Balaban J connectivity index is 1.62. The summed E-state index contributed by atoms with van der Waals surface area (Å²) < 4.78 is 5.00. The van der Waals surface area contributed by atoms with Crippen LogP contribution in [0.25, 0.3) is 0 Å². The van der Waals surface area contributed by atoms with E-state index in [0.717, 1.165) is 5.56 Å². The van der Waals surface area contributed by atoms with Crippen LogP contribution in [-0.2, 0) is 0 Å². The Morgan fingerprint density at radius 3 is 2.48 bits per heavy atom. The molecule has 0 atom stereocenters. The van der Waals surface area contributed by atoms with E-state index in [2.05, 4.69) is 15.8 Å². The first kappa shape index (κ1) is 16.7. The highest BCUT2D eigenvalue weighted by molar-refractivity contribution is 7.12. The Bertz CT molecular complexity index is 882. The lowest BCUT2D eigenvalue weighted by atomic mass is 10.1. The molecule has 0 aliphatic rings. The Morgan fingerprint density at radius 1 is 1.04 bits per heavy atom. The van der Waals surface area contributed by atoms with E-state index in [1.807, 2.05) is 23.6 Å². The molecule has 0 radical (unpaired) electrons. The molecule has 2 aromatic heterocycles. The maximum Gasteiger partial charge on any atom is 0.307 e. The van der Waals surface area contributed by atoms with Crippen LogP contribution in [0, 0.1) is 0 Å². The summed E-state index contributed by atoms with van der Waals surface area (Å²) in [5.74, 6) is -0.355. The average molecular weight is 353 g/mol. The number of hydrazone groups is 1. The highest BCUT2D eigenvalue weighted by Gasteiger charge is 2.08. The van der Waals surface area contributed by atoms with Crippen LogP contribution < -0.4 is 10.7 Å². The second kappa shape index (κ2) is 7.59. The van der Waals surface area contributed by atoms with E-state index in [4.69, 9.17) is 4.42 Å². The number of amides is 2. The van der Waals surface area contributed by atoms with Gasteiger partial charge in [-0.25, -0.2) is 5.43 Å². The van der Waals surface area contributed by atoms with Crippen LogP contribution in [0.5, 0.6) is 0 Å². The Labute approximate surface area is 148 Å². The van der Waals surface area contributed by atoms with E-state index in [1.54, 1.807) is 37.3 Å². The summed E-state index contributed by atoms with van der Waals surface area (Å²) in [6.07, 6.45) is 1.43. The van der Waals surface area contributed by atoms with Crippen LogP contribution in [0.15, 0.2) is 69.7 Å². The van der Waals surface area contributed by atoms with Gasteiger partial charge in [0.05, 0.1) is 16.9 Å². The predicted molar refractivity (Wildman–Crippen MR) is 97.1 cm³/mol. The summed E-state index contributed by atoms with van der Waals surface area (Å²) in [6, 6.07) is 14.0. The molecule has 0 saturated heterocycles. The third-order valence-electron chi connectivity index (χ3n) is 3.38. The summed E-state index contributed by atoms with van der Waals surface area (Å²) >= 11 is 1.39. The molecule has 0 bridgehead atoms. The minimum atomic E-state index is -0.413. The van der Waals surface area contributed by atoms with Crippen molar-refractivity contribution in [2.45, 2.75) is 6.92 Å². The van der Waals surface area contributed by atoms with Crippen molar-refractivity contribution in [2.24, 2.45) is 5.10 Å². The molecule has 1 aromatic carbocycles. The lowest BCUT2D eigenvalue weighted by Crippen LogP contribution is -2.18. The number of nitrogens with one attached hydrogen (secondary N) is 2. The molecule has 6 nitrogen and oxygen atoms in total. The monoisotopic (exact) mass is 353 g/mol. The molecule has 2 amide bonds. The first-order valence-corrected chi connectivity index (χ1v) is 8.35. The molecular formula is C18H15N3O3S. The Hall–Kier alpha value is -3.19. The van der Waals surface area contributed by atoms with Gasteiger partial charge in [-0.15, -0.1) is 11.3 Å². The fourth-order valence-corrected chi connectivity index (χ4v) is 2.68. The van der Waals surface area contributed by atoms with Crippen molar-refractivity contribution in [1.29, 1.82) is 0 Å². The molecule has 126 valence electrons. The quantitative estimate of drug-likeness (QED) is 0.541. The number of benzene rings is 1. The molecule has 0 unspecified atom stereocenters. The summed E-state index contributed by atoms with van der Waals surface area (Å²) in [5.41, 5.74) is 4.59. The number of carbonyl (C=O) groups excluding carboxylic acids is 2. The fourth-order valence-electron chi connectivity index (χ4n) is 2.06. The zero-order valence-electron chi connectivity index (χ0n) is 13.4. The minimum Gasteiger partial charge on any atom is -0.459 e. The molecule has 2 N–H and O–H groups in total. The SMILES string of the molecule is C/C(=N/NC(=O)c1ccco1)c1ccc(NC(=O)c2cccs2)cc1. The molecule has 0 spiro atoms. The van der Waals surface area contributed by atoms with E-state index in [9.17, 15) is 9.59 Å². The molecule has 25 heavy (non-hydrogen) atoms. The number of nitrogens with zero attached hydrogens (tertiary/aromatic N) is 1. The van der Waals surface area contributed by atoms with E-state index in [-0.39, 0.29) is 11.7 Å². The van der Waals surface area contributed by atoms with Gasteiger partial charge >= 0.3 is 5.91 Å². The maximum atomic E-state index is 12.0. The predicted octanol–water partition coefficient (Wildman–Crippen LogP) is 3.75. The van der Waals surface area contributed by atoms with Crippen LogP contribution in [0.1, 0.15) is 32.7 Å². The zero-order valence-corrected chi connectivity index (χ0v) is 14.2. The number of anilines is 1. The number of thiophene rings is 1. The second-order valence-corrected chi connectivity index (χ2v) is 6.07. The zero-order chi connectivity index (χ0) is 17.6. The van der Waals surface area contributed by atoms with E-state index < -0.39 is 5.91 Å². The molecule has 3 rings (SSSR count). The molecule has 0 saturated carbocycles. The standard InChI is InChI=1S/C18H15N3O3S/c1-12(20-21-17(22)15-4-2-10-24-15)13-6-8-14(9-7-13)19-18(23)16-5-3-11-25-16/h2-11H,1H3,(H,19,23)(H,21,22)/b20-12-. The second-order valence-electron chi connectivity index (χ2n) is 5.12. The van der Waals surface area contributed by atoms with Gasteiger partial charge in [0.2, 0.25) is 0 Å². The van der Waals surface area contributed by atoms with Crippen molar-refractivity contribution < 1.29 is 14.0 Å². The number of hydrogen-bond donors (Lipinski definition) is 2. The van der Waals surface area contributed by atoms with Gasteiger partial charge in [-0.05, 0) is 48.2 Å². The summed E-state index contributed by atoms with van der Waals surface area (Å²) in [4.78, 5) is 24.4. The first-order valence-electron chi connectivity index (χ1n) is 7.47. The average Bonchev–Trinajstić information content (AvgIpc) is 3.33. The maximum absolute atomic E-state index is 12.0. The van der Waals surface area contributed by atoms with Crippen LogP contribution in [0.3, 0.4) is 0 Å². The van der Waals surface area contributed by atoms with Crippen molar-refractivity contribution >= 4 is 34.6 Å².